The fourth-order valence-electron chi connectivity index (χ4n) is 3.52. The first kappa shape index (κ1) is 9.13. The Kier molecular flexibility index (Phi) is 1.77. The lowest BCUT2D eigenvalue weighted by molar-refractivity contribution is -0.162. The predicted octanol–water partition coefficient (Wildman–Crippen LogP) is 1.30. The lowest BCUT2D eigenvalue weighted by Gasteiger charge is -2.23. The summed E-state index contributed by atoms with van der Waals surface area (Å²) in [5.41, 5.74) is 0. The number of rotatable bonds is 0. The van der Waals surface area contributed by atoms with E-state index < -0.39 is 5.79 Å². The summed E-state index contributed by atoms with van der Waals surface area (Å²) >= 11 is 0. The zero-order valence-corrected chi connectivity index (χ0v) is 8.77. The van der Waals surface area contributed by atoms with Crippen LogP contribution in [0, 0.1) is 11.8 Å². The third kappa shape index (κ3) is 1.16. The van der Waals surface area contributed by atoms with E-state index in [4.69, 9.17) is 9.47 Å². The third-order valence-corrected chi connectivity index (χ3v) is 3.96. The van der Waals surface area contributed by atoms with Crippen LogP contribution in [0.5, 0.6) is 0 Å². The maximum absolute atomic E-state index is 9.88. The van der Waals surface area contributed by atoms with Gasteiger partial charge in [0.25, 0.3) is 0 Å². The van der Waals surface area contributed by atoms with Crippen molar-refractivity contribution in [3.63, 3.8) is 0 Å². The number of aliphatic hydroxyl groups is 1. The molecule has 1 aliphatic heterocycles. The van der Waals surface area contributed by atoms with Crippen molar-refractivity contribution in [2.24, 2.45) is 11.8 Å². The average molecular weight is 198 g/mol. The van der Waals surface area contributed by atoms with E-state index in [-0.39, 0.29) is 18.3 Å². The maximum Gasteiger partial charge on any atom is 0.163 e. The Morgan fingerprint density at radius 3 is 2.79 bits per heavy atom. The summed E-state index contributed by atoms with van der Waals surface area (Å²) in [7, 11) is 0. The number of hydrogen-bond donors (Lipinski definition) is 1. The van der Waals surface area contributed by atoms with Gasteiger partial charge >= 0.3 is 0 Å². The number of aliphatic hydroxyl groups excluding tert-OH is 1. The number of ether oxygens (including phenoxy) is 2. The quantitative estimate of drug-likeness (QED) is 0.637. The van der Waals surface area contributed by atoms with Crippen LogP contribution in [-0.2, 0) is 9.47 Å². The van der Waals surface area contributed by atoms with E-state index >= 15 is 0 Å². The molecule has 3 nitrogen and oxygen atoms in total. The van der Waals surface area contributed by atoms with Crippen LogP contribution in [0.2, 0.25) is 0 Å². The highest BCUT2D eigenvalue weighted by atomic mass is 16.8. The van der Waals surface area contributed by atoms with Crippen molar-refractivity contribution in [2.45, 2.75) is 57.2 Å². The van der Waals surface area contributed by atoms with Crippen LogP contribution in [0.3, 0.4) is 0 Å². The molecule has 3 aliphatic rings. The largest absolute Gasteiger partial charge is 0.393 e. The normalized spacial score (nSPS) is 54.6. The SMILES string of the molecule is CC1(C)O[C@H]2[C@H]3[C@H](CC[C@H]3O)C[C@H]2O1. The van der Waals surface area contributed by atoms with Gasteiger partial charge in [-0.2, -0.15) is 0 Å². The van der Waals surface area contributed by atoms with Gasteiger partial charge in [0.05, 0.1) is 18.3 Å². The molecule has 0 radical (unpaired) electrons. The van der Waals surface area contributed by atoms with Crippen molar-refractivity contribution in [1.82, 2.24) is 0 Å². The van der Waals surface area contributed by atoms with E-state index in [9.17, 15) is 5.11 Å². The second-order valence-electron chi connectivity index (χ2n) is 5.36. The molecular weight excluding hydrogens is 180 g/mol. The molecule has 5 atom stereocenters. The molecule has 0 bridgehead atoms. The van der Waals surface area contributed by atoms with Gasteiger partial charge in [-0.25, -0.2) is 0 Å². The Hall–Kier alpha value is -0.120. The molecule has 1 saturated heterocycles. The Labute approximate surface area is 84.4 Å². The van der Waals surface area contributed by atoms with E-state index in [1.807, 2.05) is 13.8 Å². The molecule has 3 fully saturated rings. The van der Waals surface area contributed by atoms with Crippen LogP contribution in [0.1, 0.15) is 33.1 Å². The molecule has 1 heterocycles. The zero-order chi connectivity index (χ0) is 9.92. The molecule has 0 unspecified atom stereocenters. The first-order chi connectivity index (χ1) is 6.57. The van der Waals surface area contributed by atoms with Crippen LogP contribution in [0.4, 0.5) is 0 Å². The molecule has 0 spiro atoms. The fraction of sp³-hybridized carbons (Fsp3) is 1.00. The molecule has 0 aromatic heterocycles. The Bertz CT molecular complexity index is 251. The van der Waals surface area contributed by atoms with E-state index in [1.54, 1.807) is 0 Å². The van der Waals surface area contributed by atoms with Gasteiger partial charge in [0, 0.05) is 5.92 Å². The summed E-state index contributed by atoms with van der Waals surface area (Å²) in [6, 6.07) is 0. The summed E-state index contributed by atoms with van der Waals surface area (Å²) in [4.78, 5) is 0. The van der Waals surface area contributed by atoms with Crippen LogP contribution < -0.4 is 0 Å². The van der Waals surface area contributed by atoms with Gasteiger partial charge in [-0.1, -0.05) is 0 Å². The molecule has 0 aromatic rings. The van der Waals surface area contributed by atoms with Gasteiger partial charge in [0.2, 0.25) is 0 Å². The molecule has 2 saturated carbocycles. The molecular formula is C11H18O3. The summed E-state index contributed by atoms with van der Waals surface area (Å²) < 4.78 is 11.7. The van der Waals surface area contributed by atoms with E-state index in [0.717, 1.165) is 19.3 Å². The molecule has 0 amide bonds. The number of fused-ring (bicyclic) bond motifs is 3. The van der Waals surface area contributed by atoms with Crippen LogP contribution in [0.25, 0.3) is 0 Å². The van der Waals surface area contributed by atoms with Crippen molar-refractivity contribution in [2.75, 3.05) is 0 Å². The highest BCUT2D eigenvalue weighted by Crippen LogP contribution is 2.51. The van der Waals surface area contributed by atoms with Gasteiger partial charge in [-0.15, -0.1) is 0 Å². The Morgan fingerprint density at radius 2 is 2.00 bits per heavy atom. The minimum atomic E-state index is -0.442. The summed E-state index contributed by atoms with van der Waals surface area (Å²) in [6.45, 7) is 3.92. The lowest BCUT2D eigenvalue weighted by Crippen LogP contribution is -2.31. The molecule has 3 rings (SSSR count). The lowest BCUT2D eigenvalue weighted by atomic mass is 9.97. The van der Waals surface area contributed by atoms with Crippen LogP contribution >= 0.6 is 0 Å². The van der Waals surface area contributed by atoms with Crippen molar-refractivity contribution in [3.05, 3.63) is 0 Å². The highest BCUT2D eigenvalue weighted by molar-refractivity contribution is 5.03. The summed E-state index contributed by atoms with van der Waals surface area (Å²) in [5, 5.41) is 9.88. The Balaban J connectivity index is 1.83. The Morgan fingerprint density at radius 1 is 1.21 bits per heavy atom. The van der Waals surface area contributed by atoms with Gasteiger partial charge in [0.1, 0.15) is 0 Å². The standard InChI is InChI=1S/C11H18O3/c1-11(2)13-8-5-6-3-4-7(12)9(6)10(8)14-11/h6-10,12H,3-5H2,1-2H3/t6-,7-,8-,9+,10-/m1/s1. The first-order valence-corrected chi connectivity index (χ1v) is 5.60. The molecule has 1 N–H and O–H groups in total. The molecule has 80 valence electrons. The van der Waals surface area contributed by atoms with Gasteiger partial charge < -0.3 is 14.6 Å². The zero-order valence-electron chi connectivity index (χ0n) is 8.77. The van der Waals surface area contributed by atoms with Crippen LogP contribution in [-0.4, -0.2) is 29.2 Å². The van der Waals surface area contributed by atoms with Crippen molar-refractivity contribution < 1.29 is 14.6 Å². The van der Waals surface area contributed by atoms with E-state index in [2.05, 4.69) is 0 Å². The second kappa shape index (κ2) is 2.71. The summed E-state index contributed by atoms with van der Waals surface area (Å²) in [5.74, 6) is 0.528. The summed E-state index contributed by atoms with van der Waals surface area (Å²) in [6.07, 6.45) is 3.39. The number of hydrogen-bond acceptors (Lipinski definition) is 3. The van der Waals surface area contributed by atoms with Crippen molar-refractivity contribution in [1.29, 1.82) is 0 Å². The minimum absolute atomic E-state index is 0.146. The topological polar surface area (TPSA) is 38.7 Å². The van der Waals surface area contributed by atoms with Gasteiger partial charge in [0.15, 0.2) is 5.79 Å². The van der Waals surface area contributed by atoms with Crippen LogP contribution in [0.15, 0.2) is 0 Å². The van der Waals surface area contributed by atoms with Gasteiger partial charge in [-0.05, 0) is 39.0 Å². The average Bonchev–Trinajstić information content (AvgIpc) is 2.61. The second-order valence-corrected chi connectivity index (χ2v) is 5.36. The first-order valence-electron chi connectivity index (χ1n) is 5.60. The fourth-order valence-corrected chi connectivity index (χ4v) is 3.52. The van der Waals surface area contributed by atoms with E-state index in [0.29, 0.717) is 11.8 Å². The highest BCUT2D eigenvalue weighted by Gasteiger charge is 2.57. The molecule has 14 heavy (non-hydrogen) atoms. The molecule has 2 aliphatic carbocycles. The monoisotopic (exact) mass is 198 g/mol. The predicted molar refractivity (Wildman–Crippen MR) is 50.7 cm³/mol. The van der Waals surface area contributed by atoms with Crippen molar-refractivity contribution in [3.8, 4) is 0 Å². The minimum Gasteiger partial charge on any atom is -0.393 e. The van der Waals surface area contributed by atoms with Crippen molar-refractivity contribution >= 4 is 0 Å². The molecule has 0 aromatic carbocycles. The third-order valence-electron chi connectivity index (χ3n) is 3.96. The van der Waals surface area contributed by atoms with Gasteiger partial charge in [-0.3, -0.25) is 0 Å². The smallest absolute Gasteiger partial charge is 0.163 e. The molecule has 3 heteroatoms. The van der Waals surface area contributed by atoms with E-state index in [1.165, 1.54) is 0 Å². The maximum atomic E-state index is 9.88.